The molecule has 0 aliphatic carbocycles. The highest BCUT2D eigenvalue weighted by Gasteiger charge is 2.27. The third-order valence-corrected chi connectivity index (χ3v) is 7.71. The molecule has 0 radical (unpaired) electrons. The van der Waals surface area contributed by atoms with E-state index in [2.05, 4.69) is 33.4 Å². The highest BCUT2D eigenvalue weighted by molar-refractivity contribution is 9.10. The van der Waals surface area contributed by atoms with Crippen molar-refractivity contribution in [3.8, 4) is 0 Å². The molecule has 0 bridgehead atoms. The minimum Gasteiger partial charge on any atom is -0.354 e. The molecule has 0 spiro atoms. The normalized spacial score (nSPS) is 11.1. The fourth-order valence-corrected chi connectivity index (χ4v) is 5.52. The van der Waals surface area contributed by atoms with Crippen LogP contribution in [0.2, 0.25) is 0 Å². The van der Waals surface area contributed by atoms with Gasteiger partial charge in [0.25, 0.3) is 10.0 Å². The summed E-state index contributed by atoms with van der Waals surface area (Å²) >= 11 is 5.09. The summed E-state index contributed by atoms with van der Waals surface area (Å²) in [6, 6.07) is 25.2. The van der Waals surface area contributed by atoms with Crippen molar-refractivity contribution in [3.63, 3.8) is 0 Å². The molecular formula is C23H23BrN2O3S2. The van der Waals surface area contributed by atoms with Crippen LogP contribution in [0.5, 0.6) is 0 Å². The lowest BCUT2D eigenvalue weighted by Gasteiger charge is -2.24. The van der Waals surface area contributed by atoms with Gasteiger partial charge in [0, 0.05) is 22.5 Å². The van der Waals surface area contributed by atoms with Crippen LogP contribution in [0.3, 0.4) is 0 Å². The van der Waals surface area contributed by atoms with Crippen molar-refractivity contribution >= 4 is 49.3 Å². The maximum absolute atomic E-state index is 13.2. The molecule has 0 atom stereocenters. The SMILES string of the molecule is O=C(CN(c1cccc(Br)c1)S(=O)(=O)c1ccccc1)NCCSCc1ccccc1. The van der Waals surface area contributed by atoms with Crippen molar-refractivity contribution in [3.05, 3.63) is 95.0 Å². The maximum atomic E-state index is 13.2. The molecule has 3 rings (SSSR count). The molecule has 3 aromatic rings. The minimum atomic E-state index is -3.89. The fraction of sp³-hybridized carbons (Fsp3) is 0.174. The number of carbonyl (C=O) groups excluding carboxylic acids is 1. The van der Waals surface area contributed by atoms with Crippen molar-refractivity contribution in [1.29, 1.82) is 0 Å². The van der Waals surface area contributed by atoms with E-state index in [9.17, 15) is 13.2 Å². The Labute approximate surface area is 196 Å². The molecule has 5 nitrogen and oxygen atoms in total. The molecular weight excluding hydrogens is 496 g/mol. The predicted octanol–water partition coefficient (Wildman–Crippen LogP) is 4.69. The van der Waals surface area contributed by atoms with E-state index in [1.54, 1.807) is 54.2 Å². The molecule has 0 aromatic heterocycles. The summed E-state index contributed by atoms with van der Waals surface area (Å²) in [5.74, 6) is 1.26. The summed E-state index contributed by atoms with van der Waals surface area (Å²) in [6.45, 7) is 0.172. The molecule has 3 aromatic carbocycles. The average molecular weight is 519 g/mol. The van der Waals surface area contributed by atoms with E-state index in [4.69, 9.17) is 0 Å². The van der Waals surface area contributed by atoms with Gasteiger partial charge < -0.3 is 5.32 Å². The van der Waals surface area contributed by atoms with E-state index in [-0.39, 0.29) is 17.3 Å². The van der Waals surface area contributed by atoms with Crippen LogP contribution in [0.15, 0.2) is 94.3 Å². The lowest BCUT2D eigenvalue weighted by molar-refractivity contribution is -0.119. The zero-order valence-corrected chi connectivity index (χ0v) is 20.0. The Balaban J connectivity index is 1.64. The van der Waals surface area contributed by atoms with Gasteiger partial charge in [-0.1, -0.05) is 70.5 Å². The number of rotatable bonds is 10. The van der Waals surface area contributed by atoms with Crippen LogP contribution >= 0.6 is 27.7 Å². The lowest BCUT2D eigenvalue weighted by atomic mass is 10.2. The summed E-state index contributed by atoms with van der Waals surface area (Å²) in [4.78, 5) is 12.7. The Morgan fingerprint density at radius 3 is 2.29 bits per heavy atom. The van der Waals surface area contributed by atoms with Crippen molar-refractivity contribution in [2.45, 2.75) is 10.6 Å². The lowest BCUT2D eigenvalue weighted by Crippen LogP contribution is -2.41. The first-order valence-electron chi connectivity index (χ1n) is 9.68. The van der Waals surface area contributed by atoms with Crippen molar-refractivity contribution in [2.24, 2.45) is 0 Å². The molecule has 162 valence electrons. The van der Waals surface area contributed by atoms with Crippen molar-refractivity contribution < 1.29 is 13.2 Å². The zero-order valence-electron chi connectivity index (χ0n) is 16.8. The number of hydrogen-bond acceptors (Lipinski definition) is 4. The predicted molar refractivity (Wildman–Crippen MR) is 131 cm³/mol. The molecule has 1 amide bonds. The van der Waals surface area contributed by atoms with Gasteiger partial charge in [-0.3, -0.25) is 9.10 Å². The van der Waals surface area contributed by atoms with E-state index >= 15 is 0 Å². The smallest absolute Gasteiger partial charge is 0.264 e. The number of nitrogens with zero attached hydrogens (tertiary/aromatic N) is 1. The van der Waals surface area contributed by atoms with Crippen molar-refractivity contribution in [2.75, 3.05) is 23.1 Å². The highest BCUT2D eigenvalue weighted by atomic mass is 79.9. The van der Waals surface area contributed by atoms with Crippen LogP contribution in [0.25, 0.3) is 0 Å². The Morgan fingerprint density at radius 1 is 0.935 bits per heavy atom. The molecule has 0 heterocycles. The van der Waals surface area contributed by atoms with Crippen LogP contribution in [0.4, 0.5) is 5.69 Å². The van der Waals surface area contributed by atoms with Crippen LogP contribution in [0.1, 0.15) is 5.56 Å². The van der Waals surface area contributed by atoms with Gasteiger partial charge in [0.2, 0.25) is 5.91 Å². The largest absolute Gasteiger partial charge is 0.354 e. The van der Waals surface area contributed by atoms with Gasteiger partial charge in [0.15, 0.2) is 0 Å². The first kappa shape index (κ1) is 23.4. The quantitative estimate of drug-likeness (QED) is 0.395. The van der Waals surface area contributed by atoms with Crippen LogP contribution in [0, 0.1) is 0 Å². The standard InChI is InChI=1S/C23H23BrN2O3S2/c24-20-10-7-11-21(16-20)26(31(28,29)22-12-5-2-6-13-22)17-23(27)25-14-15-30-18-19-8-3-1-4-9-19/h1-13,16H,14-15,17-18H2,(H,25,27). The van der Waals surface area contributed by atoms with Crippen LogP contribution in [-0.4, -0.2) is 33.2 Å². The fourth-order valence-electron chi connectivity index (χ4n) is 2.88. The molecule has 31 heavy (non-hydrogen) atoms. The van der Waals surface area contributed by atoms with Crippen LogP contribution in [-0.2, 0) is 20.6 Å². The second kappa shape index (κ2) is 11.4. The molecule has 0 saturated carbocycles. The van der Waals surface area contributed by atoms with E-state index in [1.165, 1.54) is 17.7 Å². The Kier molecular flexibility index (Phi) is 8.57. The molecule has 0 aliphatic rings. The number of thioether (sulfide) groups is 1. The third kappa shape index (κ3) is 6.85. The highest BCUT2D eigenvalue weighted by Crippen LogP contribution is 2.26. The summed E-state index contributed by atoms with van der Waals surface area (Å²) in [5, 5.41) is 2.83. The van der Waals surface area contributed by atoms with Gasteiger partial charge in [0.1, 0.15) is 6.54 Å². The molecule has 0 unspecified atom stereocenters. The molecule has 8 heteroatoms. The second-order valence-corrected chi connectivity index (χ2v) is 10.6. The Hall–Kier alpha value is -2.29. The maximum Gasteiger partial charge on any atom is 0.264 e. The summed E-state index contributed by atoms with van der Waals surface area (Å²) in [5.41, 5.74) is 1.65. The number of nitrogens with one attached hydrogen (secondary N) is 1. The van der Waals surface area contributed by atoms with Crippen LogP contribution < -0.4 is 9.62 Å². The molecule has 1 N–H and O–H groups in total. The summed E-state index contributed by atoms with van der Waals surface area (Å²) < 4.78 is 28.3. The molecule has 0 saturated heterocycles. The molecule has 0 aliphatic heterocycles. The van der Waals surface area contributed by atoms with Gasteiger partial charge >= 0.3 is 0 Å². The van der Waals surface area contributed by atoms with Crippen molar-refractivity contribution in [1.82, 2.24) is 5.32 Å². The first-order chi connectivity index (χ1) is 15.0. The number of sulfonamides is 1. The Bertz CT molecular complexity index is 1090. The van der Waals surface area contributed by atoms with Gasteiger partial charge in [-0.25, -0.2) is 8.42 Å². The van der Waals surface area contributed by atoms with E-state index < -0.39 is 10.0 Å². The number of hydrogen-bond donors (Lipinski definition) is 1. The van der Waals surface area contributed by atoms with Gasteiger partial charge in [-0.15, -0.1) is 0 Å². The number of carbonyl (C=O) groups is 1. The minimum absolute atomic E-state index is 0.140. The number of benzene rings is 3. The van der Waals surface area contributed by atoms with Gasteiger partial charge in [0.05, 0.1) is 10.6 Å². The average Bonchev–Trinajstić information content (AvgIpc) is 2.78. The topological polar surface area (TPSA) is 66.5 Å². The summed E-state index contributed by atoms with van der Waals surface area (Å²) in [6.07, 6.45) is 0. The second-order valence-electron chi connectivity index (χ2n) is 6.69. The third-order valence-electron chi connectivity index (χ3n) is 4.39. The summed E-state index contributed by atoms with van der Waals surface area (Å²) in [7, 11) is -3.89. The van der Waals surface area contributed by atoms with E-state index in [0.717, 1.165) is 20.3 Å². The monoisotopic (exact) mass is 518 g/mol. The molecule has 0 fully saturated rings. The van der Waals surface area contributed by atoms with E-state index in [1.807, 2.05) is 18.2 Å². The zero-order chi connectivity index (χ0) is 22.1. The first-order valence-corrected chi connectivity index (χ1v) is 13.1. The van der Waals surface area contributed by atoms with Gasteiger partial charge in [-0.2, -0.15) is 11.8 Å². The number of anilines is 1. The van der Waals surface area contributed by atoms with Gasteiger partial charge in [-0.05, 0) is 35.9 Å². The Morgan fingerprint density at radius 2 is 1.61 bits per heavy atom. The number of halogens is 1. The number of amides is 1. The van der Waals surface area contributed by atoms with E-state index in [0.29, 0.717) is 12.2 Å².